The van der Waals surface area contributed by atoms with Crippen molar-refractivity contribution in [2.75, 3.05) is 31.1 Å². The Hall–Kier alpha value is -0.730. The normalized spacial score (nSPS) is 18.1. The molecule has 1 fully saturated rings. The van der Waals surface area contributed by atoms with Gasteiger partial charge in [-0.1, -0.05) is 12.1 Å². The average Bonchev–Trinajstić information content (AvgIpc) is 2.38. The van der Waals surface area contributed by atoms with Gasteiger partial charge in [0.1, 0.15) is 0 Å². The second kappa shape index (κ2) is 5.50. The van der Waals surface area contributed by atoms with E-state index in [1.807, 2.05) is 0 Å². The highest BCUT2D eigenvalue weighted by molar-refractivity contribution is 6.17. The fourth-order valence-electron chi connectivity index (χ4n) is 2.43. The molecule has 18 heavy (non-hydrogen) atoms. The molecule has 0 saturated carbocycles. The Labute approximate surface area is 116 Å². The van der Waals surface area contributed by atoms with Gasteiger partial charge in [0.15, 0.2) is 0 Å². The molecule has 1 aliphatic heterocycles. The summed E-state index contributed by atoms with van der Waals surface area (Å²) in [6.45, 7) is 11.4. The standard InChI is InChI=1S/C15H23ClN2/c1-15(2,3)18-10-8-17(9-11-18)14-6-4-13(12-16)5-7-14/h4-7H,8-12H2,1-3H3. The Balaban J connectivity index is 1.96. The molecule has 2 nitrogen and oxygen atoms in total. The SMILES string of the molecule is CC(C)(C)N1CCN(c2ccc(CCl)cc2)CC1. The van der Waals surface area contributed by atoms with E-state index in [9.17, 15) is 0 Å². The van der Waals surface area contributed by atoms with Crippen LogP contribution < -0.4 is 4.90 Å². The number of alkyl halides is 1. The van der Waals surface area contributed by atoms with Gasteiger partial charge in [0.05, 0.1) is 0 Å². The van der Waals surface area contributed by atoms with Crippen LogP contribution in [-0.4, -0.2) is 36.6 Å². The number of hydrogen-bond donors (Lipinski definition) is 0. The molecular formula is C15H23ClN2. The highest BCUT2D eigenvalue weighted by Gasteiger charge is 2.25. The van der Waals surface area contributed by atoms with Crippen molar-refractivity contribution < 1.29 is 0 Å². The third-order valence-electron chi connectivity index (χ3n) is 3.68. The minimum atomic E-state index is 0.286. The molecule has 1 aromatic carbocycles. The Morgan fingerprint density at radius 2 is 1.56 bits per heavy atom. The van der Waals surface area contributed by atoms with Crippen molar-refractivity contribution in [1.82, 2.24) is 4.90 Å². The maximum atomic E-state index is 5.81. The van der Waals surface area contributed by atoms with Crippen LogP contribution in [0.1, 0.15) is 26.3 Å². The molecule has 0 unspecified atom stereocenters. The lowest BCUT2D eigenvalue weighted by molar-refractivity contribution is 0.128. The van der Waals surface area contributed by atoms with E-state index in [4.69, 9.17) is 11.6 Å². The highest BCUT2D eigenvalue weighted by Crippen LogP contribution is 2.21. The van der Waals surface area contributed by atoms with Crippen LogP contribution in [0.5, 0.6) is 0 Å². The van der Waals surface area contributed by atoms with E-state index in [1.54, 1.807) is 0 Å². The molecule has 0 amide bonds. The van der Waals surface area contributed by atoms with Crippen LogP contribution in [0.3, 0.4) is 0 Å². The first-order valence-electron chi connectivity index (χ1n) is 6.65. The largest absolute Gasteiger partial charge is 0.369 e. The van der Waals surface area contributed by atoms with Gasteiger partial charge in [0, 0.05) is 43.3 Å². The molecule has 1 aliphatic rings. The fraction of sp³-hybridized carbons (Fsp3) is 0.600. The first-order chi connectivity index (χ1) is 8.50. The number of halogens is 1. The number of hydrogen-bond acceptors (Lipinski definition) is 2. The van der Waals surface area contributed by atoms with E-state index in [0.717, 1.165) is 26.2 Å². The highest BCUT2D eigenvalue weighted by atomic mass is 35.5. The predicted octanol–water partition coefficient (Wildman–Crippen LogP) is 3.35. The quantitative estimate of drug-likeness (QED) is 0.758. The molecule has 100 valence electrons. The summed E-state index contributed by atoms with van der Waals surface area (Å²) in [6.07, 6.45) is 0. The minimum Gasteiger partial charge on any atom is -0.369 e. The number of anilines is 1. The third kappa shape index (κ3) is 3.18. The summed E-state index contributed by atoms with van der Waals surface area (Å²) in [5.74, 6) is 0.595. The summed E-state index contributed by atoms with van der Waals surface area (Å²) in [6, 6.07) is 8.62. The van der Waals surface area contributed by atoms with Crippen molar-refractivity contribution in [2.24, 2.45) is 0 Å². The fourth-order valence-corrected chi connectivity index (χ4v) is 2.61. The first kappa shape index (κ1) is 13.7. The zero-order valence-corrected chi connectivity index (χ0v) is 12.4. The lowest BCUT2D eigenvalue weighted by Gasteiger charge is -2.43. The molecule has 0 radical (unpaired) electrons. The molecule has 0 bridgehead atoms. The minimum absolute atomic E-state index is 0.286. The van der Waals surface area contributed by atoms with Gasteiger partial charge < -0.3 is 4.90 Å². The maximum absolute atomic E-state index is 5.81. The molecule has 0 aromatic heterocycles. The summed E-state index contributed by atoms with van der Waals surface area (Å²) in [5, 5.41) is 0. The Morgan fingerprint density at radius 1 is 1.00 bits per heavy atom. The zero-order valence-electron chi connectivity index (χ0n) is 11.6. The van der Waals surface area contributed by atoms with Crippen LogP contribution in [0.15, 0.2) is 24.3 Å². The third-order valence-corrected chi connectivity index (χ3v) is 3.99. The molecule has 2 rings (SSSR count). The number of rotatable bonds is 2. The van der Waals surface area contributed by atoms with E-state index in [0.29, 0.717) is 5.88 Å². The monoisotopic (exact) mass is 266 g/mol. The van der Waals surface area contributed by atoms with Gasteiger partial charge in [0.25, 0.3) is 0 Å². The number of nitrogens with zero attached hydrogens (tertiary/aromatic N) is 2. The molecule has 3 heteroatoms. The van der Waals surface area contributed by atoms with Crippen LogP contribution >= 0.6 is 11.6 Å². The van der Waals surface area contributed by atoms with E-state index in [2.05, 4.69) is 54.8 Å². The summed E-state index contributed by atoms with van der Waals surface area (Å²) in [4.78, 5) is 5.01. The van der Waals surface area contributed by atoms with Crippen molar-refractivity contribution in [3.8, 4) is 0 Å². The molecular weight excluding hydrogens is 244 g/mol. The summed E-state index contributed by atoms with van der Waals surface area (Å²) in [7, 11) is 0. The van der Waals surface area contributed by atoms with Crippen LogP contribution in [-0.2, 0) is 5.88 Å². The lowest BCUT2D eigenvalue weighted by Crippen LogP contribution is -2.53. The summed E-state index contributed by atoms with van der Waals surface area (Å²) >= 11 is 5.81. The van der Waals surface area contributed by atoms with Gasteiger partial charge in [-0.3, -0.25) is 4.90 Å². The van der Waals surface area contributed by atoms with Crippen LogP contribution in [0.4, 0.5) is 5.69 Å². The van der Waals surface area contributed by atoms with Crippen molar-refractivity contribution in [2.45, 2.75) is 32.2 Å². The first-order valence-corrected chi connectivity index (χ1v) is 7.19. The lowest BCUT2D eigenvalue weighted by atomic mass is 10.0. The number of benzene rings is 1. The van der Waals surface area contributed by atoms with Gasteiger partial charge in [-0.05, 0) is 38.5 Å². The zero-order chi connectivity index (χ0) is 13.2. The topological polar surface area (TPSA) is 6.48 Å². The molecule has 1 saturated heterocycles. The molecule has 1 aromatic rings. The van der Waals surface area contributed by atoms with E-state index in [1.165, 1.54) is 11.3 Å². The smallest absolute Gasteiger partial charge is 0.0474 e. The molecule has 1 heterocycles. The molecule has 0 spiro atoms. The second-order valence-corrected chi connectivity index (χ2v) is 6.21. The average molecular weight is 267 g/mol. The Bertz CT molecular complexity index is 372. The number of piperazine rings is 1. The van der Waals surface area contributed by atoms with E-state index in [-0.39, 0.29) is 5.54 Å². The van der Waals surface area contributed by atoms with E-state index < -0.39 is 0 Å². The van der Waals surface area contributed by atoms with Gasteiger partial charge >= 0.3 is 0 Å². The van der Waals surface area contributed by atoms with Gasteiger partial charge in [0.2, 0.25) is 0 Å². The Morgan fingerprint density at radius 3 is 2.00 bits per heavy atom. The van der Waals surface area contributed by atoms with Crippen LogP contribution in [0.25, 0.3) is 0 Å². The van der Waals surface area contributed by atoms with E-state index >= 15 is 0 Å². The van der Waals surface area contributed by atoms with Crippen molar-refractivity contribution in [3.05, 3.63) is 29.8 Å². The Kier molecular flexibility index (Phi) is 4.18. The summed E-state index contributed by atoms with van der Waals surface area (Å²) in [5.41, 5.74) is 2.79. The maximum Gasteiger partial charge on any atom is 0.0474 e. The van der Waals surface area contributed by atoms with Crippen molar-refractivity contribution >= 4 is 17.3 Å². The van der Waals surface area contributed by atoms with Gasteiger partial charge in [-0.15, -0.1) is 11.6 Å². The molecule has 0 N–H and O–H groups in total. The van der Waals surface area contributed by atoms with Crippen LogP contribution in [0, 0.1) is 0 Å². The van der Waals surface area contributed by atoms with Crippen LogP contribution in [0.2, 0.25) is 0 Å². The van der Waals surface area contributed by atoms with Crippen molar-refractivity contribution in [3.63, 3.8) is 0 Å². The van der Waals surface area contributed by atoms with Gasteiger partial charge in [-0.2, -0.15) is 0 Å². The summed E-state index contributed by atoms with van der Waals surface area (Å²) < 4.78 is 0. The van der Waals surface area contributed by atoms with Crippen molar-refractivity contribution in [1.29, 1.82) is 0 Å². The molecule has 0 aliphatic carbocycles. The predicted molar refractivity (Wildman–Crippen MR) is 79.5 cm³/mol. The second-order valence-electron chi connectivity index (χ2n) is 5.94. The van der Waals surface area contributed by atoms with Gasteiger partial charge in [-0.25, -0.2) is 0 Å². The molecule has 0 atom stereocenters.